The molecule has 0 aromatic heterocycles. The van der Waals surface area contributed by atoms with E-state index < -0.39 is 0 Å². The molecule has 1 amide bonds. The Morgan fingerprint density at radius 3 is 2.47 bits per heavy atom. The molecule has 4 heteroatoms. The lowest BCUT2D eigenvalue weighted by Crippen LogP contribution is -2.45. The maximum atomic E-state index is 12.3. The summed E-state index contributed by atoms with van der Waals surface area (Å²) in [4.78, 5) is 14.2. The van der Waals surface area contributed by atoms with Gasteiger partial charge in [-0.15, -0.1) is 12.4 Å². The van der Waals surface area contributed by atoms with E-state index in [0.717, 1.165) is 24.9 Å². The van der Waals surface area contributed by atoms with Crippen LogP contribution >= 0.6 is 12.4 Å². The van der Waals surface area contributed by atoms with Gasteiger partial charge in [-0.3, -0.25) is 4.79 Å². The third kappa shape index (κ3) is 3.95. The molecule has 1 fully saturated rings. The van der Waals surface area contributed by atoms with Crippen molar-refractivity contribution in [2.45, 2.75) is 38.6 Å². The predicted molar refractivity (Wildman–Crippen MR) is 80.9 cm³/mol. The standard InChI is InChI=1S/C15H22N2O.ClH/c1-11(2)12-5-7-13(8-6-12)15(18)17-9-3-4-14(16)10-17;/h5-8,11,14H,3-4,9-10,16H2,1-2H3;1H/t14-;/m0./s1. The SMILES string of the molecule is CC(C)c1ccc(C(=O)N2CCC[C@H](N)C2)cc1.Cl. The minimum absolute atomic E-state index is 0. The van der Waals surface area contributed by atoms with Crippen LogP contribution in [0.3, 0.4) is 0 Å². The van der Waals surface area contributed by atoms with Crippen molar-refractivity contribution < 1.29 is 4.79 Å². The average molecular weight is 283 g/mol. The molecule has 0 radical (unpaired) electrons. The highest BCUT2D eigenvalue weighted by molar-refractivity contribution is 5.94. The molecule has 1 aromatic rings. The summed E-state index contributed by atoms with van der Waals surface area (Å²) in [6.45, 7) is 5.82. The van der Waals surface area contributed by atoms with Crippen LogP contribution in [0, 0.1) is 0 Å². The molecular formula is C15H23ClN2O. The van der Waals surface area contributed by atoms with E-state index in [0.29, 0.717) is 12.5 Å². The van der Waals surface area contributed by atoms with Crippen LogP contribution in [0.5, 0.6) is 0 Å². The van der Waals surface area contributed by atoms with Crippen molar-refractivity contribution in [1.29, 1.82) is 0 Å². The summed E-state index contributed by atoms with van der Waals surface area (Å²) in [5.41, 5.74) is 7.95. The van der Waals surface area contributed by atoms with Crippen molar-refractivity contribution in [3.63, 3.8) is 0 Å². The van der Waals surface area contributed by atoms with Crippen LogP contribution in [-0.2, 0) is 0 Å². The van der Waals surface area contributed by atoms with Gasteiger partial charge in [-0.05, 0) is 36.5 Å². The van der Waals surface area contributed by atoms with E-state index in [9.17, 15) is 4.79 Å². The minimum Gasteiger partial charge on any atom is -0.337 e. The molecular weight excluding hydrogens is 260 g/mol. The fourth-order valence-electron chi connectivity index (χ4n) is 2.39. The van der Waals surface area contributed by atoms with E-state index in [1.54, 1.807) is 0 Å². The van der Waals surface area contributed by atoms with Crippen LogP contribution in [0.25, 0.3) is 0 Å². The van der Waals surface area contributed by atoms with Crippen LogP contribution in [0.2, 0.25) is 0 Å². The molecule has 106 valence electrons. The van der Waals surface area contributed by atoms with Crippen LogP contribution in [-0.4, -0.2) is 29.9 Å². The number of rotatable bonds is 2. The van der Waals surface area contributed by atoms with E-state index >= 15 is 0 Å². The Morgan fingerprint density at radius 2 is 1.95 bits per heavy atom. The highest BCUT2D eigenvalue weighted by Crippen LogP contribution is 2.17. The van der Waals surface area contributed by atoms with Crippen molar-refractivity contribution in [3.05, 3.63) is 35.4 Å². The number of hydrogen-bond donors (Lipinski definition) is 1. The van der Waals surface area contributed by atoms with Gasteiger partial charge in [0.25, 0.3) is 5.91 Å². The summed E-state index contributed by atoms with van der Waals surface area (Å²) >= 11 is 0. The smallest absolute Gasteiger partial charge is 0.253 e. The Morgan fingerprint density at radius 1 is 1.32 bits per heavy atom. The highest BCUT2D eigenvalue weighted by atomic mass is 35.5. The van der Waals surface area contributed by atoms with Gasteiger partial charge in [0.2, 0.25) is 0 Å². The Labute approximate surface area is 121 Å². The van der Waals surface area contributed by atoms with E-state index in [2.05, 4.69) is 13.8 Å². The number of carbonyl (C=O) groups excluding carboxylic acids is 1. The van der Waals surface area contributed by atoms with Crippen molar-refractivity contribution in [2.75, 3.05) is 13.1 Å². The number of likely N-dealkylation sites (tertiary alicyclic amines) is 1. The zero-order chi connectivity index (χ0) is 13.1. The van der Waals surface area contributed by atoms with E-state index in [1.807, 2.05) is 29.2 Å². The fraction of sp³-hybridized carbons (Fsp3) is 0.533. The second kappa shape index (κ2) is 6.92. The topological polar surface area (TPSA) is 46.3 Å². The summed E-state index contributed by atoms with van der Waals surface area (Å²) < 4.78 is 0. The van der Waals surface area contributed by atoms with Crippen LogP contribution in [0.4, 0.5) is 0 Å². The third-order valence-corrected chi connectivity index (χ3v) is 3.57. The number of hydrogen-bond acceptors (Lipinski definition) is 2. The quantitative estimate of drug-likeness (QED) is 0.907. The fourth-order valence-corrected chi connectivity index (χ4v) is 2.39. The largest absolute Gasteiger partial charge is 0.337 e. The highest BCUT2D eigenvalue weighted by Gasteiger charge is 2.22. The van der Waals surface area contributed by atoms with Gasteiger partial charge >= 0.3 is 0 Å². The Bertz CT molecular complexity index is 417. The lowest BCUT2D eigenvalue weighted by atomic mass is 10.0. The molecule has 0 spiro atoms. The third-order valence-electron chi connectivity index (χ3n) is 3.57. The van der Waals surface area contributed by atoms with Gasteiger partial charge in [-0.25, -0.2) is 0 Å². The maximum Gasteiger partial charge on any atom is 0.253 e. The van der Waals surface area contributed by atoms with Gasteiger partial charge in [-0.1, -0.05) is 26.0 Å². The Balaban J connectivity index is 0.00000180. The first-order chi connectivity index (χ1) is 8.58. The maximum absolute atomic E-state index is 12.3. The lowest BCUT2D eigenvalue weighted by molar-refractivity contribution is 0.0709. The van der Waals surface area contributed by atoms with Crippen molar-refractivity contribution >= 4 is 18.3 Å². The second-order valence-electron chi connectivity index (χ2n) is 5.43. The van der Waals surface area contributed by atoms with Crippen LogP contribution in [0.1, 0.15) is 48.5 Å². The summed E-state index contributed by atoms with van der Waals surface area (Å²) in [6.07, 6.45) is 2.03. The van der Waals surface area contributed by atoms with Crippen molar-refractivity contribution in [2.24, 2.45) is 5.73 Å². The Kier molecular flexibility index (Phi) is 5.83. The number of benzene rings is 1. The number of nitrogens with two attached hydrogens (primary N) is 1. The van der Waals surface area contributed by atoms with E-state index in [1.165, 1.54) is 5.56 Å². The first kappa shape index (κ1) is 16.0. The molecule has 1 aromatic carbocycles. The zero-order valence-electron chi connectivity index (χ0n) is 11.6. The molecule has 0 saturated carbocycles. The molecule has 19 heavy (non-hydrogen) atoms. The number of carbonyl (C=O) groups is 1. The first-order valence-electron chi connectivity index (χ1n) is 6.72. The average Bonchev–Trinajstić information content (AvgIpc) is 2.38. The van der Waals surface area contributed by atoms with Crippen LogP contribution < -0.4 is 5.73 Å². The number of piperidine rings is 1. The van der Waals surface area contributed by atoms with Gasteiger partial charge in [0.05, 0.1) is 0 Å². The van der Waals surface area contributed by atoms with Crippen molar-refractivity contribution in [3.8, 4) is 0 Å². The van der Waals surface area contributed by atoms with Gasteiger partial charge in [0.15, 0.2) is 0 Å². The molecule has 1 heterocycles. The second-order valence-corrected chi connectivity index (χ2v) is 5.43. The summed E-state index contributed by atoms with van der Waals surface area (Å²) in [5.74, 6) is 0.609. The van der Waals surface area contributed by atoms with Gasteiger partial charge in [0, 0.05) is 24.7 Å². The number of nitrogens with zero attached hydrogens (tertiary/aromatic N) is 1. The predicted octanol–water partition coefficient (Wildman–Crippen LogP) is 2.80. The van der Waals surface area contributed by atoms with E-state index in [-0.39, 0.29) is 24.4 Å². The number of amides is 1. The number of halogens is 1. The monoisotopic (exact) mass is 282 g/mol. The molecule has 2 N–H and O–H groups in total. The lowest BCUT2D eigenvalue weighted by Gasteiger charge is -2.30. The minimum atomic E-state index is 0. The van der Waals surface area contributed by atoms with Gasteiger partial charge in [-0.2, -0.15) is 0 Å². The van der Waals surface area contributed by atoms with E-state index in [4.69, 9.17) is 5.73 Å². The molecule has 2 rings (SSSR count). The Hall–Kier alpha value is -1.06. The van der Waals surface area contributed by atoms with Gasteiger partial charge in [0.1, 0.15) is 0 Å². The molecule has 1 atom stereocenters. The zero-order valence-corrected chi connectivity index (χ0v) is 12.5. The molecule has 1 saturated heterocycles. The molecule has 0 unspecified atom stereocenters. The molecule has 1 aliphatic rings. The molecule has 3 nitrogen and oxygen atoms in total. The van der Waals surface area contributed by atoms with Crippen LogP contribution in [0.15, 0.2) is 24.3 Å². The van der Waals surface area contributed by atoms with Crippen molar-refractivity contribution in [1.82, 2.24) is 4.90 Å². The summed E-state index contributed by atoms with van der Waals surface area (Å²) in [6, 6.07) is 8.08. The summed E-state index contributed by atoms with van der Waals surface area (Å²) in [5, 5.41) is 0. The molecule has 0 bridgehead atoms. The molecule has 1 aliphatic heterocycles. The van der Waals surface area contributed by atoms with Gasteiger partial charge < -0.3 is 10.6 Å². The first-order valence-corrected chi connectivity index (χ1v) is 6.72. The molecule has 0 aliphatic carbocycles. The summed E-state index contributed by atoms with van der Waals surface area (Å²) in [7, 11) is 0. The normalized spacial score (nSPS) is 19.2.